The molecule has 0 bridgehead atoms. The molecule has 0 saturated heterocycles. The first-order chi connectivity index (χ1) is 10.1. The summed E-state index contributed by atoms with van der Waals surface area (Å²) in [5, 5.41) is 3.49. The predicted octanol–water partition coefficient (Wildman–Crippen LogP) is 4.03. The molecule has 1 aromatic rings. The maximum absolute atomic E-state index is 6.26. The van der Waals surface area contributed by atoms with Crippen LogP contribution < -0.4 is 10.1 Å². The summed E-state index contributed by atoms with van der Waals surface area (Å²) in [6, 6.07) is 2.07. The average Bonchev–Trinajstić information content (AvgIpc) is 2.44. The van der Waals surface area contributed by atoms with E-state index in [9.17, 15) is 0 Å². The fourth-order valence-electron chi connectivity index (χ4n) is 2.94. The van der Waals surface area contributed by atoms with E-state index in [0.29, 0.717) is 12.0 Å². The molecule has 1 N–H and O–H groups in total. The van der Waals surface area contributed by atoms with Gasteiger partial charge in [-0.05, 0) is 49.6 Å². The zero-order valence-electron chi connectivity index (χ0n) is 13.9. The van der Waals surface area contributed by atoms with E-state index in [1.807, 2.05) is 12.4 Å². The van der Waals surface area contributed by atoms with Crippen LogP contribution in [0.3, 0.4) is 0 Å². The van der Waals surface area contributed by atoms with Crippen LogP contribution in [-0.2, 0) is 6.54 Å². The van der Waals surface area contributed by atoms with E-state index in [1.54, 1.807) is 0 Å². The molecule has 0 spiro atoms. The molecule has 118 valence electrons. The summed E-state index contributed by atoms with van der Waals surface area (Å²) in [5.41, 5.74) is 1.22. The van der Waals surface area contributed by atoms with Crippen LogP contribution in [-0.4, -0.2) is 17.6 Å². The van der Waals surface area contributed by atoms with Gasteiger partial charge in [0.2, 0.25) is 0 Å². The van der Waals surface area contributed by atoms with Gasteiger partial charge in [-0.15, -0.1) is 0 Å². The normalized spacial score (nSPS) is 26.0. The molecule has 3 unspecified atom stereocenters. The van der Waals surface area contributed by atoms with Crippen LogP contribution in [0.4, 0.5) is 0 Å². The molecule has 1 heterocycles. The minimum absolute atomic E-state index is 0.351. The van der Waals surface area contributed by atoms with Crippen molar-refractivity contribution in [2.45, 2.75) is 59.6 Å². The Morgan fingerprint density at radius 3 is 2.81 bits per heavy atom. The molecule has 1 aliphatic rings. The Labute approximate surface area is 129 Å². The topological polar surface area (TPSA) is 34.2 Å². The second kappa shape index (κ2) is 7.79. The van der Waals surface area contributed by atoms with Gasteiger partial charge in [0, 0.05) is 18.3 Å². The van der Waals surface area contributed by atoms with Crippen LogP contribution in [0, 0.1) is 17.8 Å². The van der Waals surface area contributed by atoms with Crippen LogP contribution in [0.2, 0.25) is 0 Å². The zero-order chi connectivity index (χ0) is 15.2. The minimum Gasteiger partial charge on any atom is -0.488 e. The SMILES string of the molecule is CC(C)CNCc1ccncc1OC1CCC(C)C(C)C1. The summed E-state index contributed by atoms with van der Waals surface area (Å²) < 4.78 is 6.26. The van der Waals surface area contributed by atoms with Gasteiger partial charge >= 0.3 is 0 Å². The fraction of sp³-hybridized carbons (Fsp3) is 0.722. The van der Waals surface area contributed by atoms with Crippen LogP contribution in [0.25, 0.3) is 0 Å². The van der Waals surface area contributed by atoms with Crippen LogP contribution in [0.1, 0.15) is 52.5 Å². The Bertz CT molecular complexity index is 433. The van der Waals surface area contributed by atoms with Crippen LogP contribution in [0.5, 0.6) is 5.75 Å². The van der Waals surface area contributed by atoms with Gasteiger partial charge in [-0.3, -0.25) is 4.98 Å². The Balaban J connectivity index is 1.93. The lowest BCUT2D eigenvalue weighted by molar-refractivity contribution is 0.0992. The lowest BCUT2D eigenvalue weighted by Crippen LogP contribution is -2.29. The van der Waals surface area contributed by atoms with E-state index in [2.05, 4.69) is 44.1 Å². The molecular weight excluding hydrogens is 260 g/mol. The molecule has 1 aromatic heterocycles. The Kier molecular flexibility index (Phi) is 6.04. The van der Waals surface area contributed by atoms with Gasteiger partial charge in [0.25, 0.3) is 0 Å². The predicted molar refractivity (Wildman–Crippen MR) is 87.4 cm³/mol. The quantitative estimate of drug-likeness (QED) is 0.859. The highest BCUT2D eigenvalue weighted by atomic mass is 16.5. The van der Waals surface area contributed by atoms with E-state index in [0.717, 1.165) is 37.1 Å². The van der Waals surface area contributed by atoms with Gasteiger partial charge in [0.05, 0.1) is 12.3 Å². The molecule has 1 fully saturated rings. The van der Waals surface area contributed by atoms with Crippen molar-refractivity contribution >= 4 is 0 Å². The zero-order valence-corrected chi connectivity index (χ0v) is 13.9. The first-order valence-corrected chi connectivity index (χ1v) is 8.36. The minimum atomic E-state index is 0.351. The van der Waals surface area contributed by atoms with Crippen molar-refractivity contribution in [3.8, 4) is 5.75 Å². The van der Waals surface area contributed by atoms with Crippen molar-refractivity contribution < 1.29 is 4.74 Å². The number of ether oxygens (including phenoxy) is 1. The van der Waals surface area contributed by atoms with E-state index in [4.69, 9.17) is 4.74 Å². The molecule has 1 saturated carbocycles. The molecule has 3 atom stereocenters. The van der Waals surface area contributed by atoms with Gasteiger partial charge < -0.3 is 10.1 Å². The lowest BCUT2D eigenvalue weighted by Gasteiger charge is -2.32. The Morgan fingerprint density at radius 1 is 1.29 bits per heavy atom. The monoisotopic (exact) mass is 290 g/mol. The van der Waals surface area contributed by atoms with Gasteiger partial charge in [-0.25, -0.2) is 0 Å². The third-order valence-corrected chi connectivity index (χ3v) is 4.58. The largest absolute Gasteiger partial charge is 0.488 e. The molecular formula is C18H30N2O. The van der Waals surface area contributed by atoms with Crippen LogP contribution >= 0.6 is 0 Å². The second-order valence-corrected chi connectivity index (χ2v) is 7.02. The molecule has 0 aliphatic heterocycles. The molecule has 0 aromatic carbocycles. The average molecular weight is 290 g/mol. The highest BCUT2D eigenvalue weighted by molar-refractivity contribution is 5.30. The third kappa shape index (κ3) is 4.99. The van der Waals surface area contributed by atoms with E-state index >= 15 is 0 Å². The van der Waals surface area contributed by atoms with Crippen molar-refractivity contribution in [2.24, 2.45) is 17.8 Å². The Morgan fingerprint density at radius 2 is 2.10 bits per heavy atom. The maximum Gasteiger partial charge on any atom is 0.142 e. The number of nitrogens with one attached hydrogen (secondary N) is 1. The molecule has 0 radical (unpaired) electrons. The number of aromatic nitrogens is 1. The number of pyridine rings is 1. The summed E-state index contributed by atoms with van der Waals surface area (Å²) in [5.74, 6) is 3.20. The van der Waals surface area contributed by atoms with E-state index in [1.165, 1.54) is 18.4 Å². The van der Waals surface area contributed by atoms with Crippen molar-refractivity contribution in [3.05, 3.63) is 24.0 Å². The number of rotatable bonds is 6. The third-order valence-electron chi connectivity index (χ3n) is 4.58. The molecule has 2 rings (SSSR count). The first-order valence-electron chi connectivity index (χ1n) is 8.36. The molecule has 21 heavy (non-hydrogen) atoms. The van der Waals surface area contributed by atoms with E-state index in [-0.39, 0.29) is 0 Å². The standard InChI is InChI=1S/C18H30N2O/c1-13(2)10-20-11-16-7-8-19-12-18(16)21-17-6-5-14(3)15(4)9-17/h7-8,12-15,17,20H,5-6,9-11H2,1-4H3. The summed E-state index contributed by atoms with van der Waals surface area (Å²) >= 11 is 0. The fourth-order valence-corrected chi connectivity index (χ4v) is 2.94. The number of hydrogen-bond donors (Lipinski definition) is 1. The van der Waals surface area contributed by atoms with Crippen molar-refractivity contribution in [2.75, 3.05) is 6.54 Å². The molecule has 3 nitrogen and oxygen atoms in total. The first kappa shape index (κ1) is 16.3. The molecule has 0 amide bonds. The highest BCUT2D eigenvalue weighted by Gasteiger charge is 2.26. The molecule has 3 heteroatoms. The molecule has 1 aliphatic carbocycles. The van der Waals surface area contributed by atoms with Crippen molar-refractivity contribution in [1.82, 2.24) is 10.3 Å². The summed E-state index contributed by atoms with van der Waals surface area (Å²) in [6.45, 7) is 11.0. The Hall–Kier alpha value is -1.09. The smallest absolute Gasteiger partial charge is 0.142 e. The summed E-state index contributed by atoms with van der Waals surface area (Å²) in [6.07, 6.45) is 7.67. The summed E-state index contributed by atoms with van der Waals surface area (Å²) in [4.78, 5) is 4.24. The van der Waals surface area contributed by atoms with Crippen molar-refractivity contribution in [3.63, 3.8) is 0 Å². The van der Waals surface area contributed by atoms with E-state index < -0.39 is 0 Å². The van der Waals surface area contributed by atoms with Crippen molar-refractivity contribution in [1.29, 1.82) is 0 Å². The van der Waals surface area contributed by atoms with Gasteiger partial charge in [-0.1, -0.05) is 27.7 Å². The van der Waals surface area contributed by atoms with Gasteiger partial charge in [0.1, 0.15) is 5.75 Å². The van der Waals surface area contributed by atoms with Gasteiger partial charge in [0.15, 0.2) is 0 Å². The lowest BCUT2D eigenvalue weighted by atomic mass is 9.80. The maximum atomic E-state index is 6.26. The number of nitrogens with zero attached hydrogens (tertiary/aromatic N) is 1. The number of hydrogen-bond acceptors (Lipinski definition) is 3. The van der Waals surface area contributed by atoms with Crippen LogP contribution in [0.15, 0.2) is 18.5 Å². The highest BCUT2D eigenvalue weighted by Crippen LogP contribution is 2.32. The summed E-state index contributed by atoms with van der Waals surface area (Å²) in [7, 11) is 0. The second-order valence-electron chi connectivity index (χ2n) is 7.02. The van der Waals surface area contributed by atoms with Gasteiger partial charge in [-0.2, -0.15) is 0 Å².